The fraction of sp³-hybridized carbons (Fsp3) is 0.625. The molecule has 9 heteroatoms. The minimum atomic E-state index is -2.01. The van der Waals surface area contributed by atoms with Crippen molar-refractivity contribution in [3.05, 3.63) is 70.8 Å². The maximum atomic E-state index is 13.7. The maximum Gasteiger partial charge on any atom is 0.200 e. The second kappa shape index (κ2) is 17.8. The van der Waals surface area contributed by atoms with Crippen LogP contribution in [0, 0.1) is 23.3 Å². The van der Waals surface area contributed by atoms with E-state index in [1.54, 1.807) is 0 Å². The maximum absolute atomic E-state index is 13.7. The van der Waals surface area contributed by atoms with Crippen LogP contribution in [0.2, 0.25) is 33.2 Å². The van der Waals surface area contributed by atoms with Gasteiger partial charge in [-0.2, -0.15) is 11.1 Å². The third kappa shape index (κ3) is 11.1. The van der Waals surface area contributed by atoms with Crippen LogP contribution in [0.1, 0.15) is 94.2 Å². The molecule has 1 N–H and O–H groups in total. The standard InChI is InChI=1S/C16H26F2OSi.C9H21ClSi.C7H6F2O/c1-11(2)20(12(3)4,13(5)6)19-10-14-7-8-15(17)9-16(14)18;1-7(2)11(10,8(3)4)9(5)6;8-6-2-1-5(4-10)7(9)3-6/h7-9,11-13H,10H2,1-6H3;7-9H,1-6H3;1-3,10H,4H2. The molecule has 0 amide bonds. The van der Waals surface area contributed by atoms with Crippen molar-refractivity contribution in [2.45, 2.75) is 130 Å². The largest absolute Gasteiger partial charge is 0.412 e. The molecular formula is C32H53ClF4O2Si2. The van der Waals surface area contributed by atoms with E-state index in [-0.39, 0.29) is 12.2 Å². The normalized spacial score (nSPS) is 12.3. The summed E-state index contributed by atoms with van der Waals surface area (Å²) < 4.78 is 57.6. The predicted molar refractivity (Wildman–Crippen MR) is 171 cm³/mol. The Labute approximate surface area is 253 Å². The average Bonchev–Trinajstić information content (AvgIpc) is 2.84. The fourth-order valence-corrected chi connectivity index (χ4v) is 15.4. The van der Waals surface area contributed by atoms with Gasteiger partial charge in [0.05, 0.1) is 13.2 Å². The second-order valence-corrected chi connectivity index (χ2v) is 25.1. The average molecular weight is 637 g/mol. The quantitative estimate of drug-likeness (QED) is 0.160. The summed E-state index contributed by atoms with van der Waals surface area (Å²) in [5, 5.41) is 8.45. The van der Waals surface area contributed by atoms with E-state index in [1.807, 2.05) is 0 Å². The van der Waals surface area contributed by atoms with Gasteiger partial charge in [-0.15, -0.1) is 0 Å². The fourth-order valence-electron chi connectivity index (χ4n) is 5.99. The molecule has 2 aromatic carbocycles. The van der Waals surface area contributed by atoms with Crippen molar-refractivity contribution in [1.29, 1.82) is 0 Å². The van der Waals surface area contributed by atoms with Crippen LogP contribution >= 0.6 is 11.1 Å². The van der Waals surface area contributed by atoms with Gasteiger partial charge in [-0.25, -0.2) is 17.6 Å². The van der Waals surface area contributed by atoms with E-state index in [2.05, 4.69) is 83.1 Å². The molecular weight excluding hydrogens is 584 g/mol. The van der Waals surface area contributed by atoms with Crippen molar-refractivity contribution in [1.82, 2.24) is 0 Å². The number of aliphatic hydroxyl groups is 1. The SMILES string of the molecule is CC(C)[Si](Cl)(C(C)C)C(C)C.CC(C)[Si](OCc1ccc(F)cc1F)(C(C)C)C(C)C.OCc1ccc(F)cc1F. The molecule has 2 aromatic rings. The lowest BCUT2D eigenvalue weighted by Crippen LogP contribution is -2.47. The molecule has 0 bridgehead atoms. The van der Waals surface area contributed by atoms with Crippen molar-refractivity contribution < 1.29 is 27.1 Å². The highest BCUT2D eigenvalue weighted by molar-refractivity contribution is 7.22. The lowest BCUT2D eigenvalue weighted by atomic mass is 10.2. The van der Waals surface area contributed by atoms with Crippen LogP contribution < -0.4 is 0 Å². The molecule has 0 saturated heterocycles. The highest BCUT2D eigenvalue weighted by Gasteiger charge is 2.45. The van der Waals surface area contributed by atoms with Crippen molar-refractivity contribution in [3.63, 3.8) is 0 Å². The van der Waals surface area contributed by atoms with Gasteiger partial charge in [0, 0.05) is 23.3 Å². The molecule has 0 aliphatic heterocycles. The Morgan fingerprint density at radius 3 is 1.20 bits per heavy atom. The number of hydrogen-bond donors (Lipinski definition) is 1. The topological polar surface area (TPSA) is 29.5 Å². The summed E-state index contributed by atoms with van der Waals surface area (Å²) >= 11 is 6.68. The minimum Gasteiger partial charge on any atom is -0.412 e. The Hall–Kier alpha value is -1.20. The molecule has 41 heavy (non-hydrogen) atoms. The molecule has 2 nitrogen and oxygen atoms in total. The highest BCUT2D eigenvalue weighted by Crippen LogP contribution is 2.44. The molecule has 2 rings (SSSR count). The van der Waals surface area contributed by atoms with Gasteiger partial charge in [0.25, 0.3) is 0 Å². The van der Waals surface area contributed by atoms with Crippen LogP contribution in [-0.4, -0.2) is 20.8 Å². The summed E-state index contributed by atoms with van der Waals surface area (Å²) in [6, 6.07) is 6.74. The molecule has 0 saturated carbocycles. The van der Waals surface area contributed by atoms with E-state index in [1.165, 1.54) is 18.2 Å². The number of benzene rings is 2. The summed E-state index contributed by atoms with van der Waals surface area (Å²) in [6.07, 6.45) is 0. The number of halogens is 5. The van der Waals surface area contributed by atoms with Crippen LogP contribution in [0.5, 0.6) is 0 Å². The lowest BCUT2D eigenvalue weighted by molar-refractivity contribution is 0.261. The zero-order valence-corrected chi connectivity index (χ0v) is 29.8. The van der Waals surface area contributed by atoms with E-state index in [0.717, 1.165) is 18.2 Å². The van der Waals surface area contributed by atoms with Gasteiger partial charge in [0.1, 0.15) is 23.3 Å². The first-order valence-electron chi connectivity index (χ1n) is 14.6. The number of aliphatic hydroxyl groups excluding tert-OH is 1. The number of rotatable bonds is 10. The zero-order valence-electron chi connectivity index (χ0n) is 27.1. The van der Waals surface area contributed by atoms with Gasteiger partial charge < -0.3 is 9.53 Å². The Morgan fingerprint density at radius 1 is 0.610 bits per heavy atom. The highest BCUT2D eigenvalue weighted by atomic mass is 35.6. The van der Waals surface area contributed by atoms with E-state index < -0.39 is 45.6 Å². The van der Waals surface area contributed by atoms with Crippen molar-refractivity contribution in [2.75, 3.05) is 0 Å². The molecule has 0 aliphatic carbocycles. The second-order valence-electron chi connectivity index (χ2n) is 12.5. The minimum absolute atomic E-state index is 0.112. The molecule has 0 heterocycles. The van der Waals surface area contributed by atoms with Gasteiger partial charge in [0.15, 0.2) is 7.38 Å². The zero-order chi connectivity index (χ0) is 32.3. The van der Waals surface area contributed by atoms with Gasteiger partial charge in [-0.05, 0) is 45.4 Å². The monoisotopic (exact) mass is 636 g/mol. The first-order chi connectivity index (χ1) is 18.8. The summed E-state index contributed by atoms with van der Waals surface area (Å²) in [5.41, 5.74) is 3.95. The van der Waals surface area contributed by atoms with Crippen LogP contribution in [0.4, 0.5) is 17.6 Å². The Morgan fingerprint density at radius 2 is 0.951 bits per heavy atom. The van der Waals surface area contributed by atoms with Crippen molar-refractivity contribution >= 4 is 26.8 Å². The lowest BCUT2D eigenvalue weighted by Gasteiger charge is -2.42. The smallest absolute Gasteiger partial charge is 0.200 e. The van der Waals surface area contributed by atoms with Crippen molar-refractivity contribution in [2.24, 2.45) is 0 Å². The van der Waals surface area contributed by atoms with E-state index >= 15 is 0 Å². The van der Waals surface area contributed by atoms with Gasteiger partial charge in [-0.1, -0.05) is 95.2 Å². The molecule has 0 fully saturated rings. The molecule has 0 spiro atoms. The van der Waals surface area contributed by atoms with Crippen LogP contribution in [-0.2, 0) is 17.6 Å². The van der Waals surface area contributed by atoms with Crippen LogP contribution in [0.15, 0.2) is 36.4 Å². The first-order valence-corrected chi connectivity index (χ1v) is 20.0. The molecule has 0 unspecified atom stereocenters. The Kier molecular flexibility index (Phi) is 17.3. The third-order valence-electron chi connectivity index (χ3n) is 8.04. The van der Waals surface area contributed by atoms with E-state index in [0.29, 0.717) is 38.8 Å². The predicted octanol–water partition coefficient (Wildman–Crippen LogP) is 11.5. The number of hydrogen-bond acceptors (Lipinski definition) is 2. The molecule has 0 aromatic heterocycles. The summed E-state index contributed by atoms with van der Waals surface area (Å²) in [7, 11) is -3.52. The first kappa shape index (κ1) is 39.8. The summed E-state index contributed by atoms with van der Waals surface area (Å²) in [4.78, 5) is 0. The van der Waals surface area contributed by atoms with E-state index in [9.17, 15) is 17.6 Å². The van der Waals surface area contributed by atoms with Crippen LogP contribution in [0.25, 0.3) is 0 Å². The van der Waals surface area contributed by atoms with Crippen molar-refractivity contribution in [3.8, 4) is 0 Å². The summed E-state index contributed by atoms with van der Waals surface area (Å²) in [6.45, 7) is 26.5. The molecule has 236 valence electrons. The molecule has 0 atom stereocenters. The van der Waals surface area contributed by atoms with E-state index in [4.69, 9.17) is 20.6 Å². The molecule has 0 radical (unpaired) electrons. The van der Waals surface area contributed by atoms with Gasteiger partial charge in [0.2, 0.25) is 8.32 Å². The third-order valence-corrected chi connectivity index (χ3v) is 23.3. The summed E-state index contributed by atoms with van der Waals surface area (Å²) in [5.74, 6) is -2.41. The molecule has 0 aliphatic rings. The van der Waals surface area contributed by atoms with Crippen LogP contribution in [0.3, 0.4) is 0 Å². The Balaban J connectivity index is 0.000000643. The van der Waals surface area contributed by atoms with Gasteiger partial charge in [-0.3, -0.25) is 0 Å². The Bertz CT molecular complexity index is 1000. The van der Waals surface area contributed by atoms with Gasteiger partial charge >= 0.3 is 0 Å².